The lowest BCUT2D eigenvalue weighted by Gasteiger charge is -2.09. The topological polar surface area (TPSA) is 105 Å². The number of esters is 2. The van der Waals surface area contributed by atoms with E-state index in [0.717, 1.165) is 0 Å². The van der Waals surface area contributed by atoms with Crippen molar-refractivity contribution in [1.29, 1.82) is 5.26 Å². The van der Waals surface area contributed by atoms with Gasteiger partial charge in [-0.3, -0.25) is 4.79 Å². The van der Waals surface area contributed by atoms with Crippen molar-refractivity contribution in [2.45, 2.75) is 20.0 Å². The molecule has 1 N–H and O–H groups in total. The number of carbonyl (C=O) groups excluding carboxylic acids is 3. The fraction of sp³-hybridized carbons (Fsp3) is 0.200. The van der Waals surface area contributed by atoms with Gasteiger partial charge in [-0.1, -0.05) is 0 Å². The van der Waals surface area contributed by atoms with Gasteiger partial charge in [0, 0.05) is 5.69 Å². The number of hydrogen-bond acceptors (Lipinski definition) is 6. The normalized spacial score (nSPS) is 10.0. The SMILES string of the molecule is CC(C)OC(=O)c1ccc(NC(=O)COC(=O)c2ccc(C#N)cc2)cc1. The van der Waals surface area contributed by atoms with Crippen LogP contribution in [0.3, 0.4) is 0 Å². The molecule has 0 saturated heterocycles. The molecular weight excluding hydrogens is 348 g/mol. The van der Waals surface area contributed by atoms with Crippen molar-refractivity contribution in [3.63, 3.8) is 0 Å². The van der Waals surface area contributed by atoms with Gasteiger partial charge in [-0.05, 0) is 62.4 Å². The van der Waals surface area contributed by atoms with Gasteiger partial charge in [0.15, 0.2) is 6.61 Å². The molecule has 0 unspecified atom stereocenters. The highest BCUT2D eigenvalue weighted by Gasteiger charge is 2.12. The van der Waals surface area contributed by atoms with Crippen LogP contribution in [0.5, 0.6) is 0 Å². The van der Waals surface area contributed by atoms with Crippen molar-refractivity contribution in [3.05, 3.63) is 65.2 Å². The Bertz CT molecular complexity index is 865. The van der Waals surface area contributed by atoms with Crippen LogP contribution in [-0.4, -0.2) is 30.6 Å². The van der Waals surface area contributed by atoms with E-state index in [1.54, 1.807) is 26.0 Å². The molecular formula is C20H18N2O5. The van der Waals surface area contributed by atoms with E-state index >= 15 is 0 Å². The third-order valence-corrected chi connectivity index (χ3v) is 3.33. The lowest BCUT2D eigenvalue weighted by molar-refractivity contribution is -0.119. The van der Waals surface area contributed by atoms with Crippen molar-refractivity contribution >= 4 is 23.5 Å². The summed E-state index contributed by atoms with van der Waals surface area (Å²) in [5, 5.41) is 11.3. The van der Waals surface area contributed by atoms with E-state index in [9.17, 15) is 14.4 Å². The second-order valence-electron chi connectivity index (χ2n) is 5.84. The van der Waals surface area contributed by atoms with Crippen LogP contribution >= 0.6 is 0 Å². The van der Waals surface area contributed by atoms with Gasteiger partial charge in [0.05, 0.1) is 28.9 Å². The van der Waals surface area contributed by atoms with Gasteiger partial charge in [-0.15, -0.1) is 0 Å². The second-order valence-corrected chi connectivity index (χ2v) is 5.84. The average molecular weight is 366 g/mol. The Morgan fingerprint density at radius 2 is 1.52 bits per heavy atom. The molecule has 0 aliphatic heterocycles. The minimum Gasteiger partial charge on any atom is -0.459 e. The molecule has 2 aromatic carbocycles. The lowest BCUT2D eigenvalue weighted by Crippen LogP contribution is -2.21. The first-order valence-electron chi connectivity index (χ1n) is 8.17. The summed E-state index contributed by atoms with van der Waals surface area (Å²) in [6, 6.07) is 14.0. The van der Waals surface area contributed by atoms with Crippen LogP contribution in [0.25, 0.3) is 0 Å². The van der Waals surface area contributed by atoms with Crippen LogP contribution in [0.1, 0.15) is 40.1 Å². The van der Waals surface area contributed by atoms with Crippen LogP contribution < -0.4 is 5.32 Å². The van der Waals surface area contributed by atoms with Gasteiger partial charge < -0.3 is 14.8 Å². The molecule has 7 nitrogen and oxygen atoms in total. The van der Waals surface area contributed by atoms with Gasteiger partial charge in [0.2, 0.25) is 0 Å². The lowest BCUT2D eigenvalue weighted by atomic mass is 10.1. The van der Waals surface area contributed by atoms with Gasteiger partial charge in [-0.25, -0.2) is 9.59 Å². The van der Waals surface area contributed by atoms with Crippen LogP contribution in [0, 0.1) is 11.3 Å². The zero-order valence-electron chi connectivity index (χ0n) is 14.9. The zero-order valence-corrected chi connectivity index (χ0v) is 14.9. The van der Waals surface area contributed by atoms with E-state index in [4.69, 9.17) is 14.7 Å². The summed E-state index contributed by atoms with van der Waals surface area (Å²) in [7, 11) is 0. The maximum atomic E-state index is 11.9. The third kappa shape index (κ3) is 5.97. The summed E-state index contributed by atoms with van der Waals surface area (Å²) in [5.74, 6) is -1.63. The molecule has 0 spiro atoms. The predicted octanol–water partition coefficient (Wildman–Crippen LogP) is 2.92. The maximum absolute atomic E-state index is 11.9. The minimum absolute atomic E-state index is 0.220. The molecule has 0 aliphatic carbocycles. The smallest absolute Gasteiger partial charge is 0.338 e. The molecule has 138 valence electrons. The highest BCUT2D eigenvalue weighted by Crippen LogP contribution is 2.12. The number of carbonyl (C=O) groups is 3. The number of rotatable bonds is 6. The molecule has 2 aromatic rings. The second kappa shape index (κ2) is 9.15. The number of nitriles is 1. The first-order chi connectivity index (χ1) is 12.9. The van der Waals surface area contributed by atoms with Crippen molar-refractivity contribution in [1.82, 2.24) is 0 Å². The Kier molecular flexibility index (Phi) is 6.67. The van der Waals surface area contributed by atoms with Gasteiger partial charge in [0.1, 0.15) is 0 Å². The number of nitrogens with zero attached hydrogens (tertiary/aromatic N) is 1. The number of ether oxygens (including phenoxy) is 2. The number of nitrogens with one attached hydrogen (secondary N) is 1. The van der Waals surface area contributed by atoms with Crippen LogP contribution in [-0.2, 0) is 14.3 Å². The summed E-state index contributed by atoms with van der Waals surface area (Å²) in [5.41, 5.74) is 1.49. The van der Waals surface area contributed by atoms with Crippen LogP contribution in [0.2, 0.25) is 0 Å². The van der Waals surface area contributed by atoms with Crippen molar-refractivity contribution in [2.75, 3.05) is 11.9 Å². The van der Waals surface area contributed by atoms with Crippen molar-refractivity contribution in [3.8, 4) is 6.07 Å². The molecule has 0 heterocycles. The van der Waals surface area contributed by atoms with E-state index in [0.29, 0.717) is 16.8 Å². The van der Waals surface area contributed by atoms with E-state index in [1.807, 2.05) is 6.07 Å². The summed E-state index contributed by atoms with van der Waals surface area (Å²) in [6.45, 7) is 3.05. The molecule has 0 saturated carbocycles. The Labute approximate surface area is 156 Å². The Balaban J connectivity index is 1.85. The average Bonchev–Trinajstić information content (AvgIpc) is 2.66. The van der Waals surface area contributed by atoms with Crippen molar-refractivity contribution in [2.24, 2.45) is 0 Å². The van der Waals surface area contributed by atoms with E-state index in [-0.39, 0.29) is 11.7 Å². The van der Waals surface area contributed by atoms with Crippen LogP contribution in [0.4, 0.5) is 5.69 Å². The molecule has 27 heavy (non-hydrogen) atoms. The van der Waals surface area contributed by atoms with E-state index < -0.39 is 24.5 Å². The molecule has 0 radical (unpaired) electrons. The number of anilines is 1. The molecule has 0 aliphatic rings. The summed E-state index contributed by atoms with van der Waals surface area (Å²) >= 11 is 0. The Morgan fingerprint density at radius 1 is 0.963 bits per heavy atom. The highest BCUT2D eigenvalue weighted by molar-refractivity contribution is 5.96. The molecule has 0 aromatic heterocycles. The molecule has 0 fully saturated rings. The first kappa shape index (κ1) is 19.7. The van der Waals surface area contributed by atoms with Crippen LogP contribution in [0.15, 0.2) is 48.5 Å². The molecule has 0 bridgehead atoms. The minimum atomic E-state index is -0.665. The van der Waals surface area contributed by atoms with Gasteiger partial charge in [0.25, 0.3) is 5.91 Å². The standard InChI is InChI=1S/C20H18N2O5/c1-13(2)27-20(25)16-7-9-17(10-8-16)22-18(23)12-26-19(24)15-5-3-14(11-21)4-6-15/h3-10,13H,12H2,1-2H3,(H,22,23). The first-order valence-corrected chi connectivity index (χ1v) is 8.17. The fourth-order valence-corrected chi connectivity index (χ4v) is 2.06. The summed E-state index contributed by atoms with van der Waals surface area (Å²) in [6.07, 6.45) is -0.220. The fourth-order valence-electron chi connectivity index (χ4n) is 2.06. The maximum Gasteiger partial charge on any atom is 0.338 e. The number of benzene rings is 2. The molecule has 7 heteroatoms. The zero-order chi connectivity index (χ0) is 19.8. The third-order valence-electron chi connectivity index (χ3n) is 3.33. The molecule has 1 amide bonds. The van der Waals surface area contributed by atoms with Crippen molar-refractivity contribution < 1.29 is 23.9 Å². The number of hydrogen-bond donors (Lipinski definition) is 1. The summed E-state index contributed by atoms with van der Waals surface area (Å²) < 4.78 is 10.0. The molecule has 2 rings (SSSR count). The summed E-state index contributed by atoms with van der Waals surface area (Å²) in [4.78, 5) is 35.5. The molecule has 0 atom stereocenters. The highest BCUT2D eigenvalue weighted by atomic mass is 16.5. The van der Waals surface area contributed by atoms with Gasteiger partial charge in [-0.2, -0.15) is 5.26 Å². The Morgan fingerprint density at radius 3 is 2.07 bits per heavy atom. The Hall–Kier alpha value is -3.66. The van der Waals surface area contributed by atoms with E-state index in [2.05, 4.69) is 5.32 Å². The van der Waals surface area contributed by atoms with E-state index in [1.165, 1.54) is 36.4 Å². The monoisotopic (exact) mass is 366 g/mol. The number of amides is 1. The largest absolute Gasteiger partial charge is 0.459 e. The predicted molar refractivity (Wildman–Crippen MR) is 97.1 cm³/mol. The van der Waals surface area contributed by atoms with Gasteiger partial charge >= 0.3 is 11.9 Å². The quantitative estimate of drug-likeness (QED) is 0.788.